The van der Waals surface area contributed by atoms with Crippen molar-refractivity contribution >= 4 is 27.1 Å². The summed E-state index contributed by atoms with van der Waals surface area (Å²) in [7, 11) is -3.83. The van der Waals surface area contributed by atoms with Crippen molar-refractivity contribution in [2.45, 2.75) is 64.5 Å². The van der Waals surface area contributed by atoms with E-state index in [2.05, 4.69) is 18.8 Å². The van der Waals surface area contributed by atoms with Crippen LogP contribution in [-0.2, 0) is 16.6 Å². The number of benzene rings is 1. The molecule has 1 aromatic carbocycles. The topological polar surface area (TPSA) is 76.6 Å². The maximum atomic E-state index is 14.5. The molecule has 3 aromatic rings. The lowest BCUT2D eigenvalue weighted by molar-refractivity contribution is 0.101. The summed E-state index contributed by atoms with van der Waals surface area (Å²) in [5.41, 5.74) is 2.79. The minimum atomic E-state index is -3.83. The number of hydrogen-bond donors (Lipinski definition) is 0. The number of thiophene rings is 1. The predicted octanol–water partition coefficient (Wildman–Crippen LogP) is 5.94. The number of ether oxygens (including phenoxy) is 1. The summed E-state index contributed by atoms with van der Waals surface area (Å²) >= 11 is 1.19. The van der Waals surface area contributed by atoms with E-state index < -0.39 is 15.8 Å². The second-order valence-corrected chi connectivity index (χ2v) is 12.5. The summed E-state index contributed by atoms with van der Waals surface area (Å²) in [5.74, 6) is -0.449. The van der Waals surface area contributed by atoms with Crippen LogP contribution in [0.5, 0.6) is 5.75 Å². The molecule has 2 aromatic heterocycles. The molecule has 3 heterocycles. The second kappa shape index (κ2) is 10.4. The Bertz CT molecular complexity index is 1380. The van der Waals surface area contributed by atoms with Gasteiger partial charge in [0.15, 0.2) is 5.78 Å². The first kappa shape index (κ1) is 26.4. The van der Waals surface area contributed by atoms with Gasteiger partial charge >= 0.3 is 0 Å². The molecule has 0 amide bonds. The van der Waals surface area contributed by atoms with Crippen LogP contribution >= 0.6 is 11.3 Å². The monoisotopic (exact) mass is 530 g/mol. The Morgan fingerprint density at radius 1 is 1.28 bits per heavy atom. The van der Waals surface area contributed by atoms with Gasteiger partial charge in [0.25, 0.3) is 0 Å². The number of rotatable bonds is 7. The Morgan fingerprint density at radius 3 is 2.67 bits per heavy atom. The van der Waals surface area contributed by atoms with Gasteiger partial charge in [-0.15, -0.1) is 11.3 Å². The van der Waals surface area contributed by atoms with Crippen molar-refractivity contribution in [2.75, 3.05) is 6.54 Å². The molecule has 1 aliphatic rings. The van der Waals surface area contributed by atoms with Gasteiger partial charge in [-0.3, -0.25) is 9.78 Å². The highest BCUT2D eigenvalue weighted by Crippen LogP contribution is 2.39. The number of ketones is 1. The standard InChI is InChI=1S/C27H31FN2O4S2/c1-6-21-15-30(36(32,33)25-13-29-10-9-23(25)34-21)14-20-11-19(8-7-17(20)4)26(16(2)3)24-12-22(28)27(35-24)18(5)31/h7-13,16,21,26H,6,14-15H2,1-5H3/t21-,26?/m1/s1. The third-order valence-corrected chi connectivity index (χ3v) is 9.71. The maximum absolute atomic E-state index is 14.5. The average Bonchev–Trinajstić information content (AvgIpc) is 3.16. The molecule has 0 radical (unpaired) electrons. The Balaban J connectivity index is 1.73. The number of sulfonamides is 1. The van der Waals surface area contributed by atoms with Crippen molar-refractivity contribution in [2.24, 2.45) is 5.92 Å². The fourth-order valence-corrected chi connectivity index (χ4v) is 7.35. The molecule has 0 saturated heterocycles. The average molecular weight is 531 g/mol. The molecule has 0 saturated carbocycles. The Morgan fingerprint density at radius 2 is 2.03 bits per heavy atom. The van der Waals surface area contributed by atoms with Crippen LogP contribution < -0.4 is 4.74 Å². The van der Waals surface area contributed by atoms with E-state index in [4.69, 9.17) is 4.74 Å². The van der Waals surface area contributed by atoms with Gasteiger partial charge in [-0.25, -0.2) is 12.8 Å². The normalized spacial score (nSPS) is 18.4. The Labute approximate surface area is 216 Å². The van der Waals surface area contributed by atoms with Crippen molar-refractivity contribution in [3.8, 4) is 5.75 Å². The minimum Gasteiger partial charge on any atom is -0.488 e. The SMILES string of the molecule is CC[C@@H]1CN(Cc2cc(C(c3cc(F)c(C(C)=O)s3)C(C)C)ccc2C)S(=O)(=O)c2cnccc2O1. The van der Waals surface area contributed by atoms with Gasteiger partial charge in [0.1, 0.15) is 27.4 Å². The van der Waals surface area contributed by atoms with Crippen LogP contribution in [0.25, 0.3) is 0 Å². The lowest BCUT2D eigenvalue weighted by Crippen LogP contribution is -2.36. The number of Topliss-reactive ketones (excluding diaryl/α,β-unsaturated/α-hetero) is 1. The summed E-state index contributed by atoms with van der Waals surface area (Å²) in [5, 5.41) is 0. The number of fused-ring (bicyclic) bond motifs is 1. The number of carbonyl (C=O) groups excluding carboxylic acids is 1. The van der Waals surface area contributed by atoms with Crippen LogP contribution in [0.15, 0.2) is 47.6 Å². The molecule has 4 rings (SSSR count). The van der Waals surface area contributed by atoms with E-state index in [0.717, 1.165) is 21.6 Å². The van der Waals surface area contributed by atoms with E-state index in [1.54, 1.807) is 6.07 Å². The number of pyridine rings is 1. The second-order valence-electron chi connectivity index (χ2n) is 9.56. The molecule has 0 fully saturated rings. The summed E-state index contributed by atoms with van der Waals surface area (Å²) in [6.07, 6.45) is 3.24. The van der Waals surface area contributed by atoms with Gasteiger partial charge in [-0.05, 0) is 48.1 Å². The Kier molecular flexibility index (Phi) is 7.64. The third kappa shape index (κ3) is 5.10. The molecule has 6 nitrogen and oxygen atoms in total. The molecule has 0 aliphatic carbocycles. The first-order valence-electron chi connectivity index (χ1n) is 12.0. The van der Waals surface area contributed by atoms with Crippen LogP contribution in [0, 0.1) is 18.7 Å². The van der Waals surface area contributed by atoms with E-state index in [-0.39, 0.29) is 46.6 Å². The van der Waals surface area contributed by atoms with Gasteiger partial charge < -0.3 is 4.74 Å². The predicted molar refractivity (Wildman–Crippen MR) is 139 cm³/mol. The first-order valence-corrected chi connectivity index (χ1v) is 14.3. The highest BCUT2D eigenvalue weighted by Gasteiger charge is 2.35. The van der Waals surface area contributed by atoms with Crippen LogP contribution in [0.2, 0.25) is 0 Å². The molecule has 0 bridgehead atoms. The fraction of sp³-hybridized carbons (Fsp3) is 0.407. The molecular weight excluding hydrogens is 499 g/mol. The Hall–Kier alpha value is -2.62. The van der Waals surface area contributed by atoms with E-state index in [9.17, 15) is 17.6 Å². The smallest absolute Gasteiger partial charge is 0.248 e. The number of aromatic nitrogens is 1. The maximum Gasteiger partial charge on any atom is 0.248 e. The van der Waals surface area contributed by atoms with E-state index in [1.165, 1.54) is 41.0 Å². The number of hydrogen-bond acceptors (Lipinski definition) is 6. The van der Waals surface area contributed by atoms with Crippen molar-refractivity contribution in [1.29, 1.82) is 0 Å². The minimum absolute atomic E-state index is 0.0700. The van der Waals surface area contributed by atoms with E-state index in [0.29, 0.717) is 12.2 Å². The fourth-order valence-electron chi connectivity index (χ4n) is 4.60. The quantitative estimate of drug-likeness (QED) is 0.353. The zero-order valence-corrected chi connectivity index (χ0v) is 22.7. The van der Waals surface area contributed by atoms with Crippen LogP contribution in [0.3, 0.4) is 0 Å². The molecule has 36 heavy (non-hydrogen) atoms. The molecule has 1 aliphatic heterocycles. The van der Waals surface area contributed by atoms with Crippen molar-refractivity contribution in [3.05, 3.63) is 75.0 Å². The highest BCUT2D eigenvalue weighted by molar-refractivity contribution is 7.89. The summed E-state index contributed by atoms with van der Waals surface area (Å²) in [4.78, 5) is 16.9. The zero-order valence-electron chi connectivity index (χ0n) is 21.1. The van der Waals surface area contributed by atoms with Crippen LogP contribution in [0.4, 0.5) is 4.39 Å². The lowest BCUT2D eigenvalue weighted by Gasteiger charge is -2.25. The van der Waals surface area contributed by atoms with Gasteiger partial charge in [-0.2, -0.15) is 4.31 Å². The van der Waals surface area contributed by atoms with Gasteiger partial charge in [0.05, 0.1) is 12.7 Å². The number of halogens is 1. The molecular formula is C27H31FN2O4S2. The zero-order chi connectivity index (χ0) is 26.2. The molecule has 0 N–H and O–H groups in total. The van der Waals surface area contributed by atoms with Crippen molar-refractivity contribution < 1.29 is 22.3 Å². The van der Waals surface area contributed by atoms with Crippen molar-refractivity contribution in [3.63, 3.8) is 0 Å². The van der Waals surface area contributed by atoms with Crippen LogP contribution in [-0.4, -0.2) is 36.1 Å². The van der Waals surface area contributed by atoms with Gasteiger partial charge in [-0.1, -0.05) is 39.0 Å². The summed E-state index contributed by atoms with van der Waals surface area (Å²) < 4.78 is 49.1. The number of carbonyl (C=O) groups is 1. The van der Waals surface area contributed by atoms with E-state index >= 15 is 0 Å². The third-order valence-electron chi connectivity index (χ3n) is 6.60. The van der Waals surface area contributed by atoms with Crippen LogP contribution in [0.1, 0.15) is 71.3 Å². The molecule has 9 heteroatoms. The molecule has 2 atom stereocenters. The molecule has 0 spiro atoms. The first-order chi connectivity index (χ1) is 17.0. The largest absolute Gasteiger partial charge is 0.488 e. The lowest BCUT2D eigenvalue weighted by atomic mass is 9.85. The summed E-state index contributed by atoms with van der Waals surface area (Å²) in [6, 6.07) is 9.04. The van der Waals surface area contributed by atoms with E-state index in [1.807, 2.05) is 32.0 Å². The number of nitrogens with zero attached hydrogens (tertiary/aromatic N) is 2. The number of aryl methyl sites for hydroxylation is 1. The molecule has 1 unspecified atom stereocenters. The molecule has 192 valence electrons. The summed E-state index contributed by atoms with van der Waals surface area (Å²) in [6.45, 7) is 9.81. The van der Waals surface area contributed by atoms with Gasteiger partial charge in [0, 0.05) is 30.5 Å². The highest BCUT2D eigenvalue weighted by atomic mass is 32.2. The van der Waals surface area contributed by atoms with Crippen molar-refractivity contribution in [1.82, 2.24) is 9.29 Å². The van der Waals surface area contributed by atoms with Gasteiger partial charge in [0.2, 0.25) is 10.0 Å².